The lowest BCUT2D eigenvalue weighted by Crippen LogP contribution is -2.52. The molecular formula is C18H27NOS. The molecule has 0 amide bonds. The first-order valence-corrected chi connectivity index (χ1v) is 9.64. The first-order valence-electron chi connectivity index (χ1n) is 8.25. The van der Waals surface area contributed by atoms with Gasteiger partial charge in [-0.25, -0.2) is 0 Å². The highest BCUT2D eigenvalue weighted by atomic mass is 32.2. The average Bonchev–Trinajstić information content (AvgIpc) is 2.46. The molecule has 21 heavy (non-hydrogen) atoms. The van der Waals surface area contributed by atoms with E-state index >= 15 is 0 Å². The second kappa shape index (κ2) is 6.62. The van der Waals surface area contributed by atoms with E-state index in [0.29, 0.717) is 5.75 Å². The van der Waals surface area contributed by atoms with Crippen LogP contribution in [0.4, 0.5) is 0 Å². The highest BCUT2D eigenvalue weighted by Gasteiger charge is 2.38. The summed E-state index contributed by atoms with van der Waals surface area (Å²) in [5.41, 5.74) is 2.84. The lowest BCUT2D eigenvalue weighted by molar-refractivity contribution is 0.0562. The normalized spacial score (nSPS) is 29.0. The van der Waals surface area contributed by atoms with Crippen LogP contribution in [0.15, 0.2) is 18.2 Å². The van der Waals surface area contributed by atoms with Gasteiger partial charge in [-0.2, -0.15) is 11.8 Å². The van der Waals surface area contributed by atoms with Gasteiger partial charge in [0.15, 0.2) is 0 Å². The maximum absolute atomic E-state index is 9.74. The monoisotopic (exact) mass is 305 g/mol. The maximum Gasteiger partial charge on any atom is 0.115 e. The third kappa shape index (κ3) is 3.24. The molecule has 1 heterocycles. The maximum atomic E-state index is 9.74. The molecule has 1 fully saturated rings. The SMILES string of the molecule is CCCN1CC(CSC)CC2Cc3cc(O)ccc3CC21. The molecule has 1 aromatic carbocycles. The van der Waals surface area contributed by atoms with Crippen molar-refractivity contribution in [2.45, 2.75) is 38.6 Å². The highest BCUT2D eigenvalue weighted by molar-refractivity contribution is 7.98. The molecule has 3 rings (SSSR count). The molecule has 1 aliphatic carbocycles. The van der Waals surface area contributed by atoms with E-state index < -0.39 is 0 Å². The Bertz CT molecular complexity index is 490. The van der Waals surface area contributed by atoms with Crippen molar-refractivity contribution in [3.05, 3.63) is 29.3 Å². The summed E-state index contributed by atoms with van der Waals surface area (Å²) in [5, 5.41) is 9.74. The quantitative estimate of drug-likeness (QED) is 0.920. The number of aromatic hydroxyl groups is 1. The molecule has 1 saturated heterocycles. The number of rotatable bonds is 4. The van der Waals surface area contributed by atoms with Crippen molar-refractivity contribution >= 4 is 11.8 Å². The fourth-order valence-corrected chi connectivity index (χ4v) is 5.06. The number of piperidine rings is 1. The second-order valence-corrected chi connectivity index (χ2v) is 7.65. The Morgan fingerprint density at radius 3 is 2.90 bits per heavy atom. The molecule has 1 aliphatic heterocycles. The third-order valence-corrected chi connectivity index (χ3v) is 5.96. The van der Waals surface area contributed by atoms with Crippen molar-refractivity contribution in [2.75, 3.05) is 25.1 Å². The number of fused-ring (bicyclic) bond motifs is 2. The third-order valence-electron chi connectivity index (χ3n) is 5.16. The zero-order valence-corrected chi connectivity index (χ0v) is 14.0. The van der Waals surface area contributed by atoms with Crippen molar-refractivity contribution in [1.82, 2.24) is 4.90 Å². The summed E-state index contributed by atoms with van der Waals surface area (Å²) in [5.74, 6) is 3.33. The van der Waals surface area contributed by atoms with Crippen molar-refractivity contribution < 1.29 is 5.11 Å². The molecule has 2 aliphatic rings. The first-order chi connectivity index (χ1) is 10.2. The van der Waals surface area contributed by atoms with Gasteiger partial charge in [0.1, 0.15) is 5.75 Å². The van der Waals surface area contributed by atoms with Crippen LogP contribution in [0.3, 0.4) is 0 Å². The van der Waals surface area contributed by atoms with Crippen molar-refractivity contribution in [2.24, 2.45) is 11.8 Å². The van der Waals surface area contributed by atoms with Gasteiger partial charge in [0, 0.05) is 12.6 Å². The van der Waals surface area contributed by atoms with Crippen LogP contribution in [0.5, 0.6) is 5.75 Å². The molecule has 3 unspecified atom stereocenters. The second-order valence-electron chi connectivity index (χ2n) is 6.74. The van der Waals surface area contributed by atoms with Gasteiger partial charge in [0.25, 0.3) is 0 Å². The summed E-state index contributed by atoms with van der Waals surface area (Å²) in [4.78, 5) is 2.75. The minimum absolute atomic E-state index is 0.425. The van der Waals surface area contributed by atoms with Gasteiger partial charge in [0.05, 0.1) is 0 Å². The lowest BCUT2D eigenvalue weighted by atomic mass is 9.73. The molecule has 0 saturated carbocycles. The van der Waals surface area contributed by atoms with Crippen LogP contribution in [0, 0.1) is 11.8 Å². The number of hydrogen-bond donors (Lipinski definition) is 1. The van der Waals surface area contributed by atoms with Crippen molar-refractivity contribution in [1.29, 1.82) is 0 Å². The molecule has 3 heteroatoms. The molecule has 116 valence electrons. The summed E-state index contributed by atoms with van der Waals surface area (Å²) >= 11 is 1.99. The predicted molar refractivity (Wildman–Crippen MR) is 91.1 cm³/mol. The first kappa shape index (κ1) is 15.2. The summed E-state index contributed by atoms with van der Waals surface area (Å²) in [6.45, 7) is 4.81. The zero-order valence-electron chi connectivity index (χ0n) is 13.2. The average molecular weight is 305 g/mol. The Labute approximate surface area is 132 Å². The molecule has 0 spiro atoms. The molecule has 1 N–H and O–H groups in total. The lowest BCUT2D eigenvalue weighted by Gasteiger charge is -2.47. The molecule has 0 aromatic heterocycles. The van der Waals surface area contributed by atoms with Gasteiger partial charge in [0.2, 0.25) is 0 Å². The number of phenols is 1. The molecule has 1 aromatic rings. The standard InChI is InChI=1S/C18H27NOS/c1-3-6-19-11-13(12-21-2)7-16-8-15-9-17(20)5-4-14(15)10-18(16)19/h4-5,9,13,16,18,20H,3,6-8,10-12H2,1-2H3. The number of phenolic OH excluding ortho intramolecular Hbond substituents is 1. The summed E-state index contributed by atoms with van der Waals surface area (Å²) in [6.07, 6.45) is 7.16. The van der Waals surface area contributed by atoms with E-state index in [1.165, 1.54) is 49.2 Å². The van der Waals surface area contributed by atoms with Crippen LogP contribution in [-0.2, 0) is 12.8 Å². The predicted octanol–water partition coefficient (Wildman–Crippen LogP) is 3.57. The van der Waals surface area contributed by atoms with Gasteiger partial charge < -0.3 is 5.11 Å². The summed E-state index contributed by atoms with van der Waals surface area (Å²) in [6, 6.07) is 6.70. The fraction of sp³-hybridized carbons (Fsp3) is 0.667. The Hall–Kier alpha value is -0.670. The topological polar surface area (TPSA) is 23.5 Å². The Morgan fingerprint density at radius 2 is 2.14 bits per heavy atom. The van der Waals surface area contributed by atoms with Crippen LogP contribution in [-0.4, -0.2) is 41.1 Å². The zero-order chi connectivity index (χ0) is 14.8. The largest absolute Gasteiger partial charge is 0.508 e. The van der Waals surface area contributed by atoms with Crippen LogP contribution >= 0.6 is 11.8 Å². The Morgan fingerprint density at radius 1 is 1.29 bits per heavy atom. The van der Waals surface area contributed by atoms with Gasteiger partial charge in [-0.1, -0.05) is 13.0 Å². The van der Waals surface area contributed by atoms with Gasteiger partial charge in [-0.05, 0) is 79.3 Å². The highest BCUT2D eigenvalue weighted by Crippen LogP contribution is 2.38. The number of hydrogen-bond acceptors (Lipinski definition) is 3. The molecule has 3 atom stereocenters. The van der Waals surface area contributed by atoms with Crippen LogP contribution in [0.25, 0.3) is 0 Å². The number of likely N-dealkylation sites (tertiary alicyclic amines) is 1. The van der Waals surface area contributed by atoms with Crippen molar-refractivity contribution in [3.8, 4) is 5.75 Å². The van der Waals surface area contributed by atoms with Crippen LogP contribution in [0.2, 0.25) is 0 Å². The Kier molecular flexibility index (Phi) is 4.80. The molecular weight excluding hydrogens is 278 g/mol. The summed E-state index contributed by atoms with van der Waals surface area (Å²) < 4.78 is 0. The van der Waals surface area contributed by atoms with E-state index in [1.807, 2.05) is 23.9 Å². The summed E-state index contributed by atoms with van der Waals surface area (Å²) in [7, 11) is 0. The van der Waals surface area contributed by atoms with E-state index in [1.54, 1.807) is 0 Å². The van der Waals surface area contributed by atoms with Crippen LogP contribution in [0.1, 0.15) is 30.9 Å². The van der Waals surface area contributed by atoms with Crippen molar-refractivity contribution in [3.63, 3.8) is 0 Å². The van der Waals surface area contributed by atoms with E-state index in [0.717, 1.165) is 24.3 Å². The van der Waals surface area contributed by atoms with E-state index in [4.69, 9.17) is 0 Å². The minimum Gasteiger partial charge on any atom is -0.508 e. The molecule has 2 nitrogen and oxygen atoms in total. The number of nitrogens with zero attached hydrogens (tertiary/aromatic N) is 1. The number of thioether (sulfide) groups is 1. The van der Waals surface area contributed by atoms with E-state index in [2.05, 4.69) is 24.1 Å². The van der Waals surface area contributed by atoms with Crippen LogP contribution < -0.4 is 0 Å². The Balaban J connectivity index is 1.82. The number of benzene rings is 1. The molecule has 0 radical (unpaired) electrons. The van der Waals surface area contributed by atoms with E-state index in [9.17, 15) is 5.11 Å². The minimum atomic E-state index is 0.425. The van der Waals surface area contributed by atoms with Gasteiger partial charge >= 0.3 is 0 Å². The van der Waals surface area contributed by atoms with Gasteiger partial charge in [-0.15, -0.1) is 0 Å². The smallest absolute Gasteiger partial charge is 0.115 e. The van der Waals surface area contributed by atoms with Gasteiger partial charge in [-0.3, -0.25) is 4.90 Å². The molecule has 0 bridgehead atoms. The van der Waals surface area contributed by atoms with E-state index in [-0.39, 0.29) is 0 Å². The fourth-order valence-electron chi connectivity index (χ4n) is 4.35.